The van der Waals surface area contributed by atoms with Crippen molar-refractivity contribution < 1.29 is 51.0 Å². The van der Waals surface area contributed by atoms with E-state index < -0.39 is 0 Å². The fraction of sp³-hybridized carbons (Fsp3) is 0.182. The van der Waals surface area contributed by atoms with Crippen molar-refractivity contribution in [3.63, 3.8) is 0 Å². The van der Waals surface area contributed by atoms with Crippen LogP contribution in [0.3, 0.4) is 0 Å². The van der Waals surface area contributed by atoms with Crippen molar-refractivity contribution in [2.75, 3.05) is 0 Å². The van der Waals surface area contributed by atoms with E-state index in [1.54, 1.807) is 0 Å². The van der Waals surface area contributed by atoms with Gasteiger partial charge in [0.05, 0.1) is 0 Å². The number of fused-ring (bicyclic) bond motifs is 1. The molecule has 2 aromatic carbocycles. The molecular formula is C11H11Cl2Zr. The van der Waals surface area contributed by atoms with Gasteiger partial charge in [-0.3, -0.25) is 0 Å². The molecule has 1 radical (unpaired) electrons. The molecule has 0 bridgehead atoms. The molecule has 0 aliphatic heterocycles. The van der Waals surface area contributed by atoms with E-state index in [1.165, 1.54) is 21.9 Å². The molecule has 0 aliphatic rings. The average Bonchev–Trinajstić information content (AvgIpc) is 2.30. The summed E-state index contributed by atoms with van der Waals surface area (Å²) in [4.78, 5) is 0. The molecule has 2 aromatic rings. The predicted molar refractivity (Wildman–Crippen MR) is 49.0 cm³/mol. The minimum Gasteiger partial charge on any atom is -1.00 e. The van der Waals surface area contributed by atoms with Gasteiger partial charge in [-0.15, -0.1) is 40.6 Å². The third kappa shape index (κ3) is 2.89. The van der Waals surface area contributed by atoms with Crippen molar-refractivity contribution in [2.45, 2.75) is 13.8 Å². The monoisotopic (exact) mass is 303 g/mol. The maximum atomic E-state index is 2.24. The van der Waals surface area contributed by atoms with Crippen molar-refractivity contribution in [3.05, 3.63) is 41.5 Å². The van der Waals surface area contributed by atoms with Crippen LogP contribution in [-0.2, 0) is 26.2 Å². The number of aryl methyl sites for hydroxylation is 2. The molecule has 0 atom stereocenters. The van der Waals surface area contributed by atoms with E-state index in [0.717, 1.165) is 0 Å². The maximum absolute atomic E-state index is 2.24. The Morgan fingerprint density at radius 1 is 1.00 bits per heavy atom. The van der Waals surface area contributed by atoms with Crippen LogP contribution in [0.4, 0.5) is 0 Å². The van der Waals surface area contributed by atoms with Gasteiger partial charge in [-0.1, -0.05) is 19.9 Å². The van der Waals surface area contributed by atoms with Crippen LogP contribution in [-0.4, -0.2) is 0 Å². The van der Waals surface area contributed by atoms with Crippen molar-refractivity contribution in [1.29, 1.82) is 0 Å². The zero-order chi connectivity index (χ0) is 7.84. The molecule has 0 saturated heterocycles. The Hall–Kier alpha value is 0.293. The van der Waals surface area contributed by atoms with Crippen molar-refractivity contribution in [2.24, 2.45) is 0 Å². The SMILES string of the molecule is Cc1[cH-]c2ccccc2c1C.[Cl-].[Cl-].[Zr+3]. The molecule has 0 saturated carbocycles. The van der Waals surface area contributed by atoms with E-state index in [2.05, 4.69) is 44.2 Å². The molecular weight excluding hydrogens is 294 g/mol. The van der Waals surface area contributed by atoms with Gasteiger partial charge in [0.15, 0.2) is 0 Å². The Kier molecular flexibility index (Phi) is 8.02. The molecule has 73 valence electrons. The van der Waals surface area contributed by atoms with Crippen molar-refractivity contribution in [1.82, 2.24) is 0 Å². The summed E-state index contributed by atoms with van der Waals surface area (Å²) in [5.74, 6) is 0. The Bertz CT molecular complexity index is 393. The summed E-state index contributed by atoms with van der Waals surface area (Å²) in [6.45, 7) is 4.34. The number of hydrogen-bond donors (Lipinski definition) is 0. The summed E-state index contributed by atoms with van der Waals surface area (Å²) in [5, 5.41) is 2.76. The molecule has 3 heteroatoms. The van der Waals surface area contributed by atoms with Gasteiger partial charge in [-0.25, -0.2) is 0 Å². The molecule has 0 aliphatic carbocycles. The van der Waals surface area contributed by atoms with Crippen LogP contribution in [0.1, 0.15) is 11.1 Å². The number of rotatable bonds is 0. The summed E-state index contributed by atoms with van der Waals surface area (Å²) in [6.07, 6.45) is 0. The minimum atomic E-state index is 0. The van der Waals surface area contributed by atoms with Gasteiger partial charge < -0.3 is 24.8 Å². The predicted octanol–water partition coefficient (Wildman–Crippen LogP) is -2.82. The summed E-state index contributed by atoms with van der Waals surface area (Å²) >= 11 is 0. The van der Waals surface area contributed by atoms with Gasteiger partial charge in [-0.2, -0.15) is 5.56 Å². The van der Waals surface area contributed by atoms with Crippen molar-refractivity contribution >= 4 is 10.8 Å². The Morgan fingerprint density at radius 2 is 1.57 bits per heavy atom. The molecule has 0 unspecified atom stereocenters. The summed E-state index contributed by atoms with van der Waals surface area (Å²) in [5.41, 5.74) is 2.81. The zero-order valence-electron chi connectivity index (χ0n) is 8.14. The Balaban J connectivity index is 0. The first-order valence-corrected chi connectivity index (χ1v) is 3.90. The standard InChI is InChI=1S/C11H11.2ClH.Zr/c1-8-7-10-5-3-4-6-11(10)9(8)2;;;/h3-7H,1-2H3;2*1H;/q-1;;;+3/p-2. The van der Waals surface area contributed by atoms with Gasteiger partial charge >= 0.3 is 26.2 Å². The number of hydrogen-bond acceptors (Lipinski definition) is 0. The maximum Gasteiger partial charge on any atom is 3.00 e. The quantitative estimate of drug-likeness (QED) is 0.461. The van der Waals surface area contributed by atoms with Crippen LogP contribution in [0.2, 0.25) is 0 Å². The van der Waals surface area contributed by atoms with Crippen LogP contribution < -0.4 is 24.8 Å². The fourth-order valence-corrected chi connectivity index (χ4v) is 1.52. The first kappa shape index (κ1) is 16.7. The topological polar surface area (TPSA) is 0 Å². The van der Waals surface area contributed by atoms with E-state index in [9.17, 15) is 0 Å². The molecule has 0 aromatic heterocycles. The summed E-state index contributed by atoms with van der Waals surface area (Å²) < 4.78 is 0. The van der Waals surface area contributed by atoms with Crippen LogP contribution in [0, 0.1) is 13.8 Å². The molecule has 0 spiro atoms. The smallest absolute Gasteiger partial charge is 1.00 e. The van der Waals surface area contributed by atoms with Crippen molar-refractivity contribution in [3.8, 4) is 0 Å². The normalized spacial score (nSPS) is 8.43. The molecule has 0 nitrogen and oxygen atoms in total. The summed E-state index contributed by atoms with van der Waals surface area (Å²) in [6, 6.07) is 10.8. The molecule has 0 N–H and O–H groups in total. The largest absolute Gasteiger partial charge is 3.00 e. The van der Waals surface area contributed by atoms with Gasteiger partial charge in [0.25, 0.3) is 0 Å². The van der Waals surface area contributed by atoms with E-state index in [1.807, 2.05) is 0 Å². The number of halogens is 2. The fourth-order valence-electron chi connectivity index (χ4n) is 1.52. The molecule has 2 rings (SSSR count). The second-order valence-corrected chi connectivity index (χ2v) is 3.04. The molecule has 0 amide bonds. The van der Waals surface area contributed by atoms with E-state index in [-0.39, 0.29) is 51.0 Å². The Labute approximate surface area is 116 Å². The third-order valence-corrected chi connectivity index (χ3v) is 2.33. The zero-order valence-corrected chi connectivity index (χ0v) is 12.1. The van der Waals surface area contributed by atoms with Crippen LogP contribution in [0.25, 0.3) is 10.8 Å². The molecule has 0 heterocycles. The molecule has 14 heavy (non-hydrogen) atoms. The van der Waals surface area contributed by atoms with E-state index in [4.69, 9.17) is 0 Å². The van der Waals surface area contributed by atoms with Gasteiger partial charge in [0.1, 0.15) is 0 Å². The first-order valence-electron chi connectivity index (χ1n) is 3.90. The van der Waals surface area contributed by atoms with Gasteiger partial charge in [0.2, 0.25) is 0 Å². The van der Waals surface area contributed by atoms with Gasteiger partial charge in [-0.05, 0) is 0 Å². The average molecular weight is 305 g/mol. The Morgan fingerprint density at radius 3 is 2.14 bits per heavy atom. The van der Waals surface area contributed by atoms with Crippen LogP contribution >= 0.6 is 0 Å². The van der Waals surface area contributed by atoms with Gasteiger partial charge in [0, 0.05) is 0 Å². The number of benzene rings is 1. The molecule has 0 fully saturated rings. The summed E-state index contributed by atoms with van der Waals surface area (Å²) in [7, 11) is 0. The minimum absolute atomic E-state index is 0. The van der Waals surface area contributed by atoms with E-state index in [0.29, 0.717) is 0 Å². The van der Waals surface area contributed by atoms with Crippen LogP contribution in [0.15, 0.2) is 30.3 Å². The first-order chi connectivity index (χ1) is 5.29. The van der Waals surface area contributed by atoms with E-state index >= 15 is 0 Å². The second kappa shape index (κ2) is 6.72. The third-order valence-electron chi connectivity index (χ3n) is 2.33. The second-order valence-electron chi connectivity index (χ2n) is 3.04. The van der Waals surface area contributed by atoms with Crippen LogP contribution in [0.5, 0.6) is 0 Å².